The van der Waals surface area contributed by atoms with Gasteiger partial charge in [-0.3, -0.25) is 9.48 Å². The Kier molecular flexibility index (Phi) is 4.97. The Bertz CT molecular complexity index is 1480. The van der Waals surface area contributed by atoms with Crippen molar-refractivity contribution >= 4 is 34.1 Å². The maximum Gasteiger partial charge on any atom is 0.241 e. The van der Waals surface area contributed by atoms with Crippen molar-refractivity contribution in [3.8, 4) is 17.1 Å². The van der Waals surface area contributed by atoms with Gasteiger partial charge >= 0.3 is 0 Å². The molecule has 0 aliphatic carbocycles. The number of hydrogen-bond donors (Lipinski definition) is 3. The first-order chi connectivity index (χ1) is 17.0. The fourth-order valence-corrected chi connectivity index (χ4v) is 4.63. The van der Waals surface area contributed by atoms with E-state index in [4.69, 9.17) is 10.5 Å². The van der Waals surface area contributed by atoms with Gasteiger partial charge in [0.05, 0.1) is 17.9 Å². The number of carbonyl (C=O) groups excluding carboxylic acids is 1. The van der Waals surface area contributed by atoms with E-state index in [1.54, 1.807) is 17.1 Å². The molecule has 0 saturated heterocycles. The Hall–Kier alpha value is -4.28. The third kappa shape index (κ3) is 3.78. The summed E-state index contributed by atoms with van der Waals surface area (Å²) in [5.74, 6) is 1.78. The van der Waals surface area contributed by atoms with Gasteiger partial charge in [0.25, 0.3) is 0 Å². The number of carbonyl (C=O) groups is 1. The molecule has 1 unspecified atom stereocenters. The van der Waals surface area contributed by atoms with Gasteiger partial charge in [-0.2, -0.15) is 5.10 Å². The average molecular weight is 475 g/mol. The quantitative estimate of drug-likeness (QED) is 0.413. The van der Waals surface area contributed by atoms with Gasteiger partial charge in [0, 0.05) is 54.5 Å². The van der Waals surface area contributed by atoms with E-state index in [2.05, 4.69) is 30.7 Å². The number of aromatic nitrogens is 5. The number of fused-ring (bicyclic) bond motifs is 3. The summed E-state index contributed by atoms with van der Waals surface area (Å²) in [7, 11) is 0. The van der Waals surface area contributed by atoms with E-state index >= 15 is 0 Å². The van der Waals surface area contributed by atoms with Crippen LogP contribution in [-0.4, -0.2) is 43.8 Å². The molecule has 2 aliphatic heterocycles. The first-order valence-electron chi connectivity index (χ1n) is 11.4. The van der Waals surface area contributed by atoms with E-state index in [-0.39, 0.29) is 12.5 Å². The molecule has 0 bridgehead atoms. The number of halogens is 1. The molecule has 0 spiro atoms. The highest BCUT2D eigenvalue weighted by atomic mass is 19.1. The van der Waals surface area contributed by atoms with Crippen molar-refractivity contribution in [1.29, 1.82) is 0 Å². The SMILES string of the molecule is Cc1c(-c2cc3cc(Nc4cc5n(n4)CC(=O)NCC5)ncc3c(N)n2)cnc2c1C(F)CCO2. The topological polar surface area (TPSA) is 133 Å². The van der Waals surface area contributed by atoms with E-state index in [1.807, 2.05) is 25.1 Å². The number of hydrogen-bond acceptors (Lipinski definition) is 8. The van der Waals surface area contributed by atoms with Crippen molar-refractivity contribution in [2.75, 3.05) is 24.2 Å². The molecule has 1 atom stereocenters. The maximum atomic E-state index is 14.6. The zero-order chi connectivity index (χ0) is 24.1. The van der Waals surface area contributed by atoms with E-state index in [0.29, 0.717) is 71.5 Å². The van der Waals surface area contributed by atoms with Gasteiger partial charge in [-0.15, -0.1) is 0 Å². The number of nitrogens with zero attached hydrogens (tertiary/aromatic N) is 5. The van der Waals surface area contributed by atoms with Crippen LogP contribution in [0.5, 0.6) is 5.88 Å². The number of rotatable bonds is 3. The van der Waals surface area contributed by atoms with Crippen LogP contribution in [0, 0.1) is 6.92 Å². The number of ether oxygens (including phenoxy) is 1. The van der Waals surface area contributed by atoms with Crippen LogP contribution in [0.3, 0.4) is 0 Å². The first kappa shape index (κ1) is 21.3. The molecule has 10 nitrogen and oxygen atoms in total. The molecular weight excluding hydrogens is 451 g/mol. The zero-order valence-electron chi connectivity index (χ0n) is 19.0. The van der Waals surface area contributed by atoms with Crippen molar-refractivity contribution in [2.45, 2.75) is 32.5 Å². The lowest BCUT2D eigenvalue weighted by Gasteiger charge is -2.22. The van der Waals surface area contributed by atoms with Crippen LogP contribution in [0.25, 0.3) is 22.0 Å². The van der Waals surface area contributed by atoms with E-state index < -0.39 is 6.17 Å². The number of nitrogens with one attached hydrogen (secondary N) is 2. The number of pyridine rings is 3. The zero-order valence-corrected chi connectivity index (χ0v) is 19.0. The van der Waals surface area contributed by atoms with Crippen molar-refractivity contribution in [2.24, 2.45) is 0 Å². The van der Waals surface area contributed by atoms with Crippen molar-refractivity contribution < 1.29 is 13.9 Å². The van der Waals surface area contributed by atoms with Crippen molar-refractivity contribution in [1.82, 2.24) is 30.0 Å². The number of anilines is 3. The summed E-state index contributed by atoms with van der Waals surface area (Å²) in [5.41, 5.74) is 9.74. The Morgan fingerprint density at radius 1 is 1.23 bits per heavy atom. The molecule has 0 fully saturated rings. The van der Waals surface area contributed by atoms with Gasteiger partial charge in [-0.1, -0.05) is 0 Å². The van der Waals surface area contributed by atoms with Crippen LogP contribution in [-0.2, 0) is 17.8 Å². The van der Waals surface area contributed by atoms with Gasteiger partial charge < -0.3 is 21.1 Å². The Morgan fingerprint density at radius 2 is 2.11 bits per heavy atom. The molecule has 6 heterocycles. The standard InChI is InChI=1S/C24H23FN8O2/c1-12-15(9-29-24-22(12)17(25)3-5-35-24)18-6-13-7-19(28-10-16(13)23(26)30-18)31-20-8-14-2-4-27-21(34)11-33(14)32-20/h6-10,17H,2-5,11H2,1H3,(H2,26,30)(H,27,34)(H,28,31,32). The molecule has 0 radical (unpaired) electrons. The number of nitrogens with two attached hydrogens (primary N) is 1. The highest BCUT2D eigenvalue weighted by Crippen LogP contribution is 2.39. The summed E-state index contributed by atoms with van der Waals surface area (Å²) in [4.78, 5) is 25.1. The minimum atomic E-state index is -1.12. The van der Waals surface area contributed by atoms with Crippen LogP contribution in [0.1, 0.15) is 29.4 Å². The lowest BCUT2D eigenvalue weighted by molar-refractivity contribution is -0.121. The van der Waals surface area contributed by atoms with Crippen molar-refractivity contribution in [3.63, 3.8) is 0 Å². The number of alkyl halides is 1. The van der Waals surface area contributed by atoms with Crippen LogP contribution in [0.2, 0.25) is 0 Å². The maximum absolute atomic E-state index is 14.6. The summed E-state index contributed by atoms with van der Waals surface area (Å²) in [6, 6.07) is 5.66. The minimum Gasteiger partial charge on any atom is -0.477 e. The smallest absolute Gasteiger partial charge is 0.241 e. The summed E-state index contributed by atoms with van der Waals surface area (Å²) in [6.45, 7) is 2.94. The summed E-state index contributed by atoms with van der Waals surface area (Å²) in [6.07, 6.45) is 3.18. The molecule has 6 rings (SSSR count). The monoisotopic (exact) mass is 474 g/mol. The Balaban J connectivity index is 1.36. The number of amides is 1. The third-order valence-corrected chi connectivity index (χ3v) is 6.41. The van der Waals surface area contributed by atoms with Crippen molar-refractivity contribution in [3.05, 3.63) is 47.4 Å². The Labute approximate surface area is 199 Å². The molecule has 4 aromatic rings. The summed E-state index contributed by atoms with van der Waals surface area (Å²) < 4.78 is 21.9. The first-order valence-corrected chi connectivity index (χ1v) is 11.4. The van der Waals surface area contributed by atoms with Gasteiger partial charge in [0.15, 0.2) is 5.82 Å². The van der Waals surface area contributed by atoms with E-state index in [1.165, 1.54) is 0 Å². The van der Waals surface area contributed by atoms with E-state index in [0.717, 1.165) is 16.6 Å². The van der Waals surface area contributed by atoms with Gasteiger partial charge in [-0.25, -0.2) is 19.3 Å². The average Bonchev–Trinajstić information content (AvgIpc) is 3.10. The predicted octanol–water partition coefficient (Wildman–Crippen LogP) is 2.99. The fourth-order valence-electron chi connectivity index (χ4n) is 4.63. The molecule has 0 saturated carbocycles. The Morgan fingerprint density at radius 3 is 3.00 bits per heavy atom. The minimum absolute atomic E-state index is 0.0599. The second-order valence-corrected chi connectivity index (χ2v) is 8.71. The molecular formula is C24H23FN8O2. The highest BCUT2D eigenvalue weighted by molar-refractivity contribution is 5.95. The fraction of sp³-hybridized carbons (Fsp3) is 0.292. The molecule has 4 N–H and O–H groups in total. The largest absolute Gasteiger partial charge is 0.477 e. The normalized spacial score (nSPS) is 17.2. The predicted molar refractivity (Wildman–Crippen MR) is 128 cm³/mol. The van der Waals surface area contributed by atoms with Gasteiger partial charge in [0.1, 0.15) is 24.4 Å². The number of nitrogen functional groups attached to an aromatic ring is 1. The molecule has 1 amide bonds. The molecule has 2 aliphatic rings. The highest BCUT2D eigenvalue weighted by Gasteiger charge is 2.26. The second-order valence-electron chi connectivity index (χ2n) is 8.71. The molecule has 4 aromatic heterocycles. The second kappa shape index (κ2) is 8.19. The van der Waals surface area contributed by atoms with Gasteiger partial charge in [0.2, 0.25) is 11.8 Å². The molecule has 178 valence electrons. The summed E-state index contributed by atoms with van der Waals surface area (Å²) >= 11 is 0. The third-order valence-electron chi connectivity index (χ3n) is 6.41. The molecule has 35 heavy (non-hydrogen) atoms. The van der Waals surface area contributed by atoms with Crippen LogP contribution >= 0.6 is 0 Å². The van der Waals surface area contributed by atoms with Crippen LogP contribution in [0.15, 0.2) is 30.6 Å². The lowest BCUT2D eigenvalue weighted by atomic mass is 9.96. The van der Waals surface area contributed by atoms with Crippen LogP contribution < -0.4 is 21.1 Å². The molecule has 11 heteroatoms. The summed E-state index contributed by atoms with van der Waals surface area (Å²) in [5, 5.41) is 12.0. The van der Waals surface area contributed by atoms with Crippen LogP contribution in [0.4, 0.5) is 21.8 Å². The van der Waals surface area contributed by atoms with Gasteiger partial charge in [-0.05, 0) is 30.0 Å². The lowest BCUT2D eigenvalue weighted by Crippen LogP contribution is -2.25. The van der Waals surface area contributed by atoms with E-state index in [9.17, 15) is 9.18 Å². The molecule has 0 aromatic carbocycles.